The first-order chi connectivity index (χ1) is 13.9. The van der Waals surface area contributed by atoms with Gasteiger partial charge in [-0.3, -0.25) is 4.79 Å². The second-order valence-electron chi connectivity index (χ2n) is 7.73. The third kappa shape index (κ3) is 6.03. The van der Waals surface area contributed by atoms with E-state index in [1.165, 1.54) is 16.0 Å². The molecule has 2 aromatic rings. The van der Waals surface area contributed by atoms with E-state index in [0.29, 0.717) is 12.0 Å². The molecule has 0 fully saturated rings. The van der Waals surface area contributed by atoms with Crippen molar-refractivity contribution in [2.75, 3.05) is 27.2 Å². The molecule has 1 amide bonds. The lowest BCUT2D eigenvalue weighted by Crippen LogP contribution is -2.46. The normalized spacial score (nSPS) is 16.3. The number of thiazole rings is 1. The van der Waals surface area contributed by atoms with Crippen LogP contribution in [-0.4, -0.2) is 55.0 Å². The van der Waals surface area contributed by atoms with Crippen LogP contribution in [-0.2, 0) is 24.1 Å². The standard InChI is InChI=1S/C22H31N5OS/c1-15-16(2)29-20(25-15)11-12-23-22(24-14-21(28)27(3)4)26-19-10-9-17-7-5-6-8-18(17)13-19/h5-8,19H,9-14H2,1-4H3,(H2,23,24,26). The van der Waals surface area contributed by atoms with Crippen LogP contribution in [0.3, 0.4) is 0 Å². The minimum Gasteiger partial charge on any atom is -0.356 e. The number of hydrogen-bond acceptors (Lipinski definition) is 4. The molecule has 0 bridgehead atoms. The molecule has 1 aromatic carbocycles. The van der Waals surface area contributed by atoms with Gasteiger partial charge in [0.25, 0.3) is 0 Å². The largest absolute Gasteiger partial charge is 0.356 e. The maximum absolute atomic E-state index is 12.0. The fourth-order valence-corrected chi connectivity index (χ4v) is 4.32. The molecule has 0 aliphatic heterocycles. The van der Waals surface area contributed by atoms with Crippen LogP contribution in [0.4, 0.5) is 0 Å². The van der Waals surface area contributed by atoms with Crippen LogP contribution in [0.15, 0.2) is 29.3 Å². The summed E-state index contributed by atoms with van der Waals surface area (Å²) in [5, 5.41) is 8.07. The Bertz CT molecular complexity index is 854. The van der Waals surface area contributed by atoms with Crippen LogP contribution in [0.2, 0.25) is 0 Å². The second kappa shape index (κ2) is 9.87. The Hall–Kier alpha value is -2.41. The van der Waals surface area contributed by atoms with Crippen molar-refractivity contribution in [3.05, 3.63) is 51.0 Å². The quantitative estimate of drug-likeness (QED) is 0.564. The summed E-state index contributed by atoms with van der Waals surface area (Å²) in [5.74, 6) is 0.695. The highest BCUT2D eigenvalue weighted by Crippen LogP contribution is 2.21. The van der Waals surface area contributed by atoms with Gasteiger partial charge in [-0.15, -0.1) is 11.3 Å². The molecule has 0 spiro atoms. The van der Waals surface area contributed by atoms with Crippen LogP contribution in [0.1, 0.15) is 33.1 Å². The van der Waals surface area contributed by atoms with Gasteiger partial charge < -0.3 is 15.5 Å². The second-order valence-corrected chi connectivity index (χ2v) is 9.02. The zero-order valence-corrected chi connectivity index (χ0v) is 18.6. The molecule has 29 heavy (non-hydrogen) atoms. The van der Waals surface area contributed by atoms with Crippen molar-refractivity contribution in [2.24, 2.45) is 4.99 Å². The van der Waals surface area contributed by atoms with E-state index in [0.717, 1.165) is 42.9 Å². The number of aliphatic imine (C=N–C) groups is 1. The van der Waals surface area contributed by atoms with Crippen LogP contribution in [0.5, 0.6) is 0 Å². The van der Waals surface area contributed by atoms with Crippen LogP contribution in [0, 0.1) is 13.8 Å². The van der Waals surface area contributed by atoms with E-state index in [9.17, 15) is 4.79 Å². The molecule has 1 heterocycles. The van der Waals surface area contributed by atoms with Crippen molar-refractivity contribution in [1.82, 2.24) is 20.5 Å². The minimum atomic E-state index is -0.00809. The lowest BCUT2D eigenvalue weighted by molar-refractivity contribution is -0.127. The number of hydrogen-bond donors (Lipinski definition) is 2. The van der Waals surface area contributed by atoms with Gasteiger partial charge >= 0.3 is 0 Å². The number of nitrogens with zero attached hydrogens (tertiary/aromatic N) is 3. The summed E-state index contributed by atoms with van der Waals surface area (Å²) >= 11 is 1.74. The number of amides is 1. The fourth-order valence-electron chi connectivity index (χ4n) is 3.39. The number of benzene rings is 1. The van der Waals surface area contributed by atoms with Gasteiger partial charge in [0.05, 0.1) is 10.7 Å². The first kappa shape index (κ1) is 21.3. The number of aromatic nitrogens is 1. The molecule has 6 nitrogen and oxygen atoms in total. The topological polar surface area (TPSA) is 69.6 Å². The van der Waals surface area contributed by atoms with Gasteiger partial charge in [0, 0.05) is 38.0 Å². The molecular formula is C22H31N5OS. The number of carbonyl (C=O) groups is 1. The SMILES string of the molecule is Cc1nc(CCNC(=NCC(=O)N(C)C)NC2CCc3ccccc3C2)sc1C. The van der Waals surface area contributed by atoms with Crippen LogP contribution in [0.25, 0.3) is 0 Å². The molecule has 7 heteroatoms. The lowest BCUT2D eigenvalue weighted by Gasteiger charge is -2.27. The lowest BCUT2D eigenvalue weighted by atomic mass is 9.88. The number of likely N-dealkylation sites (N-methyl/N-ethyl adjacent to an activating group) is 1. The maximum Gasteiger partial charge on any atom is 0.243 e. The molecule has 2 N–H and O–H groups in total. The van der Waals surface area contributed by atoms with E-state index in [4.69, 9.17) is 0 Å². The first-order valence-corrected chi connectivity index (χ1v) is 11.0. The van der Waals surface area contributed by atoms with Gasteiger partial charge in [-0.25, -0.2) is 9.98 Å². The van der Waals surface area contributed by atoms with E-state index in [1.54, 1.807) is 30.3 Å². The van der Waals surface area contributed by atoms with E-state index in [1.807, 2.05) is 6.92 Å². The van der Waals surface area contributed by atoms with E-state index < -0.39 is 0 Å². The zero-order valence-electron chi connectivity index (χ0n) is 17.8. The first-order valence-electron chi connectivity index (χ1n) is 10.2. The number of fused-ring (bicyclic) bond motifs is 1. The van der Waals surface area contributed by atoms with Gasteiger partial charge in [0.2, 0.25) is 5.91 Å². The van der Waals surface area contributed by atoms with Crippen molar-refractivity contribution in [1.29, 1.82) is 0 Å². The molecule has 0 saturated heterocycles. The molecule has 1 aliphatic carbocycles. The van der Waals surface area contributed by atoms with Gasteiger partial charge in [-0.05, 0) is 44.2 Å². The summed E-state index contributed by atoms with van der Waals surface area (Å²) in [6.07, 6.45) is 3.94. The predicted molar refractivity (Wildman–Crippen MR) is 120 cm³/mol. The minimum absolute atomic E-state index is 0.00809. The molecule has 1 aliphatic rings. The van der Waals surface area contributed by atoms with Crippen molar-refractivity contribution >= 4 is 23.2 Å². The van der Waals surface area contributed by atoms with E-state index >= 15 is 0 Å². The molecule has 3 rings (SSSR count). The summed E-state index contributed by atoms with van der Waals surface area (Å²) in [4.78, 5) is 24.0. The zero-order chi connectivity index (χ0) is 20.8. The van der Waals surface area contributed by atoms with Crippen LogP contribution < -0.4 is 10.6 Å². The number of carbonyl (C=O) groups excluding carboxylic acids is 1. The Morgan fingerprint density at radius 1 is 1.28 bits per heavy atom. The number of rotatable bonds is 6. The van der Waals surface area contributed by atoms with Crippen molar-refractivity contribution in [3.8, 4) is 0 Å². The Morgan fingerprint density at radius 3 is 2.72 bits per heavy atom. The molecular weight excluding hydrogens is 382 g/mol. The molecule has 1 unspecified atom stereocenters. The average Bonchev–Trinajstić information content (AvgIpc) is 3.02. The van der Waals surface area contributed by atoms with Crippen molar-refractivity contribution < 1.29 is 4.79 Å². The average molecular weight is 414 g/mol. The Balaban J connectivity index is 1.61. The van der Waals surface area contributed by atoms with E-state index in [2.05, 4.69) is 51.8 Å². The van der Waals surface area contributed by atoms with Crippen LogP contribution >= 0.6 is 11.3 Å². The monoisotopic (exact) mass is 413 g/mol. The number of nitrogens with one attached hydrogen (secondary N) is 2. The fraction of sp³-hybridized carbons (Fsp3) is 0.500. The summed E-state index contributed by atoms with van der Waals surface area (Å²) < 4.78 is 0. The van der Waals surface area contributed by atoms with E-state index in [-0.39, 0.29) is 12.5 Å². The van der Waals surface area contributed by atoms with Crippen molar-refractivity contribution in [3.63, 3.8) is 0 Å². The van der Waals surface area contributed by atoms with Gasteiger partial charge in [-0.2, -0.15) is 0 Å². The highest BCUT2D eigenvalue weighted by atomic mass is 32.1. The maximum atomic E-state index is 12.0. The van der Waals surface area contributed by atoms with Crippen molar-refractivity contribution in [2.45, 2.75) is 45.6 Å². The smallest absolute Gasteiger partial charge is 0.243 e. The number of aryl methyl sites for hydroxylation is 3. The van der Waals surface area contributed by atoms with Gasteiger partial charge in [-0.1, -0.05) is 24.3 Å². The highest BCUT2D eigenvalue weighted by molar-refractivity contribution is 7.11. The van der Waals surface area contributed by atoms with Gasteiger partial charge in [0.15, 0.2) is 5.96 Å². The predicted octanol–water partition coefficient (Wildman–Crippen LogP) is 2.48. The molecule has 0 saturated carbocycles. The Morgan fingerprint density at radius 2 is 2.03 bits per heavy atom. The summed E-state index contributed by atoms with van der Waals surface area (Å²) in [6, 6.07) is 8.94. The number of guanidine groups is 1. The molecule has 1 atom stereocenters. The summed E-state index contributed by atoms with van der Waals surface area (Å²) in [7, 11) is 3.51. The van der Waals surface area contributed by atoms with Gasteiger partial charge in [0.1, 0.15) is 6.54 Å². The Kier molecular flexibility index (Phi) is 7.25. The molecule has 0 radical (unpaired) electrons. The summed E-state index contributed by atoms with van der Waals surface area (Å²) in [5.41, 5.74) is 3.94. The highest BCUT2D eigenvalue weighted by Gasteiger charge is 2.19. The third-order valence-corrected chi connectivity index (χ3v) is 6.40. The summed E-state index contributed by atoms with van der Waals surface area (Å²) in [6.45, 7) is 5.02. The molecule has 156 valence electrons. The Labute approximate surface area is 177 Å². The molecule has 1 aromatic heterocycles. The third-order valence-electron chi connectivity index (χ3n) is 5.26.